The van der Waals surface area contributed by atoms with Crippen molar-refractivity contribution in [1.82, 2.24) is 0 Å². The molecule has 0 aromatic carbocycles. The van der Waals surface area contributed by atoms with Crippen molar-refractivity contribution in [2.45, 2.75) is 71.8 Å². The summed E-state index contributed by atoms with van der Waals surface area (Å²) >= 11 is 0. The fraction of sp³-hybridized carbons (Fsp3) is 0.826. The summed E-state index contributed by atoms with van der Waals surface area (Å²) in [6, 6.07) is 0. The Morgan fingerprint density at radius 1 is 1.22 bits per heavy atom. The fourth-order valence-electron chi connectivity index (χ4n) is 7.18. The number of hydrogen-bond donors (Lipinski definition) is 0. The highest BCUT2D eigenvalue weighted by Gasteiger charge is 2.57. The number of fused-ring (bicyclic) bond motifs is 5. The van der Waals surface area contributed by atoms with Crippen LogP contribution < -0.4 is 0 Å². The van der Waals surface area contributed by atoms with Crippen LogP contribution in [0.3, 0.4) is 0 Å². The Balaban J connectivity index is 1.52. The van der Waals surface area contributed by atoms with Gasteiger partial charge in [-0.2, -0.15) is 0 Å². The zero-order valence-electron chi connectivity index (χ0n) is 17.0. The number of hydrogen-bond acceptors (Lipinski definition) is 4. The van der Waals surface area contributed by atoms with Gasteiger partial charge in [-0.25, -0.2) is 0 Å². The average molecular weight is 375 g/mol. The number of carbonyl (C=O) groups excluding carboxylic acids is 2. The number of ketones is 2. The first kappa shape index (κ1) is 19.3. The van der Waals surface area contributed by atoms with Crippen LogP contribution in [-0.4, -0.2) is 31.1 Å². The van der Waals surface area contributed by atoms with E-state index in [2.05, 4.69) is 6.92 Å². The summed E-state index contributed by atoms with van der Waals surface area (Å²) in [5.41, 5.74) is 1.56. The third kappa shape index (κ3) is 3.23. The minimum atomic E-state index is -0.342. The molecule has 4 aliphatic carbocycles. The average Bonchev–Trinajstić information content (AvgIpc) is 2.99. The second kappa shape index (κ2) is 7.44. The van der Waals surface area contributed by atoms with Crippen LogP contribution >= 0.6 is 0 Å². The van der Waals surface area contributed by atoms with E-state index >= 15 is 0 Å². The maximum absolute atomic E-state index is 12.5. The van der Waals surface area contributed by atoms with Crippen molar-refractivity contribution in [2.24, 2.45) is 35.0 Å². The van der Waals surface area contributed by atoms with Crippen molar-refractivity contribution in [1.29, 1.82) is 0 Å². The molecule has 4 heteroatoms. The quantitative estimate of drug-likeness (QED) is 0.531. The first-order valence-electron chi connectivity index (χ1n) is 10.9. The molecule has 0 N–H and O–H groups in total. The van der Waals surface area contributed by atoms with Gasteiger partial charge in [0.25, 0.3) is 0 Å². The van der Waals surface area contributed by atoms with Crippen LogP contribution in [0.25, 0.3) is 0 Å². The topological polar surface area (TPSA) is 52.6 Å². The van der Waals surface area contributed by atoms with Crippen molar-refractivity contribution < 1.29 is 19.1 Å². The van der Waals surface area contributed by atoms with Gasteiger partial charge in [0.1, 0.15) is 18.7 Å². The van der Waals surface area contributed by atoms with Crippen LogP contribution in [0.5, 0.6) is 0 Å². The minimum absolute atomic E-state index is 0.123. The Morgan fingerprint density at radius 2 is 2.04 bits per heavy atom. The highest BCUT2D eigenvalue weighted by atomic mass is 16.7. The number of carbonyl (C=O) groups is 2. The summed E-state index contributed by atoms with van der Waals surface area (Å²) in [5.74, 6) is 3.29. The van der Waals surface area contributed by atoms with Gasteiger partial charge in [-0.15, -0.1) is 0 Å². The lowest BCUT2D eigenvalue weighted by Gasteiger charge is -2.54. The molecule has 7 atom stereocenters. The Bertz CT molecular complexity index is 638. The molecule has 27 heavy (non-hydrogen) atoms. The molecule has 4 nitrogen and oxygen atoms in total. The molecule has 0 amide bonds. The lowest BCUT2D eigenvalue weighted by atomic mass is 9.51. The molecular formula is C23H34O4. The van der Waals surface area contributed by atoms with E-state index in [1.807, 2.05) is 13.0 Å². The summed E-state index contributed by atoms with van der Waals surface area (Å²) < 4.78 is 11.1. The lowest BCUT2D eigenvalue weighted by Crippen LogP contribution is -2.48. The van der Waals surface area contributed by atoms with E-state index in [1.54, 1.807) is 6.92 Å². The van der Waals surface area contributed by atoms with Gasteiger partial charge in [0.15, 0.2) is 5.78 Å². The summed E-state index contributed by atoms with van der Waals surface area (Å²) in [6.07, 6.45) is 9.23. The van der Waals surface area contributed by atoms with E-state index in [0.29, 0.717) is 36.1 Å². The van der Waals surface area contributed by atoms with Gasteiger partial charge in [-0.05, 0) is 94.0 Å². The molecule has 4 rings (SSSR count). The lowest BCUT2D eigenvalue weighted by molar-refractivity contribution is -0.143. The molecule has 0 heterocycles. The Kier molecular flexibility index (Phi) is 5.32. The van der Waals surface area contributed by atoms with Gasteiger partial charge >= 0.3 is 0 Å². The Labute approximate surface area is 163 Å². The van der Waals surface area contributed by atoms with Gasteiger partial charge in [0.2, 0.25) is 0 Å². The molecule has 4 aliphatic rings. The molecule has 0 bridgehead atoms. The Morgan fingerprint density at radius 3 is 2.78 bits per heavy atom. The molecular weight excluding hydrogens is 340 g/mol. The van der Waals surface area contributed by atoms with Crippen molar-refractivity contribution in [2.75, 3.05) is 13.4 Å². The largest absolute Gasteiger partial charge is 0.356 e. The van der Waals surface area contributed by atoms with E-state index in [0.717, 1.165) is 25.7 Å². The molecule has 3 saturated carbocycles. The van der Waals surface area contributed by atoms with E-state index < -0.39 is 0 Å². The van der Waals surface area contributed by atoms with Gasteiger partial charge in [-0.3, -0.25) is 9.59 Å². The summed E-state index contributed by atoms with van der Waals surface area (Å²) in [5, 5.41) is 0. The van der Waals surface area contributed by atoms with E-state index in [-0.39, 0.29) is 30.0 Å². The van der Waals surface area contributed by atoms with E-state index in [9.17, 15) is 9.59 Å². The highest BCUT2D eigenvalue weighted by molar-refractivity contribution is 5.95. The second-order valence-corrected chi connectivity index (χ2v) is 9.49. The predicted molar refractivity (Wildman–Crippen MR) is 103 cm³/mol. The third-order valence-electron chi connectivity index (χ3n) is 8.41. The number of allylic oxidation sites excluding steroid dienone is 1. The molecule has 3 fully saturated rings. The zero-order chi connectivity index (χ0) is 19.2. The fourth-order valence-corrected chi connectivity index (χ4v) is 7.18. The number of ether oxygens (including phenoxy) is 2. The van der Waals surface area contributed by atoms with Crippen LogP contribution in [0, 0.1) is 35.0 Å². The zero-order valence-corrected chi connectivity index (χ0v) is 17.0. The Hall–Kier alpha value is -1.00. The van der Waals surface area contributed by atoms with E-state index in [1.165, 1.54) is 24.8 Å². The van der Waals surface area contributed by atoms with Crippen molar-refractivity contribution in [3.63, 3.8) is 0 Å². The first-order chi connectivity index (χ1) is 13.0. The van der Waals surface area contributed by atoms with Crippen LogP contribution in [0.15, 0.2) is 11.6 Å². The van der Waals surface area contributed by atoms with Crippen LogP contribution in [0.1, 0.15) is 65.7 Å². The first-order valence-corrected chi connectivity index (χ1v) is 10.9. The van der Waals surface area contributed by atoms with Crippen molar-refractivity contribution in [3.8, 4) is 0 Å². The molecule has 0 saturated heterocycles. The predicted octanol–water partition coefficient (Wildman–Crippen LogP) is 4.32. The van der Waals surface area contributed by atoms with Gasteiger partial charge in [0.05, 0.1) is 0 Å². The van der Waals surface area contributed by atoms with Crippen LogP contribution in [0.4, 0.5) is 0 Å². The maximum atomic E-state index is 12.5. The molecule has 0 aromatic heterocycles. The van der Waals surface area contributed by atoms with Gasteiger partial charge < -0.3 is 9.47 Å². The van der Waals surface area contributed by atoms with Gasteiger partial charge in [-0.1, -0.05) is 12.5 Å². The molecule has 0 radical (unpaired) electrons. The van der Waals surface area contributed by atoms with Crippen LogP contribution in [0.2, 0.25) is 0 Å². The molecule has 1 unspecified atom stereocenters. The molecule has 0 spiro atoms. The number of Topliss-reactive ketones (excluding diaryl/α,β-unsaturated/α-hetero) is 1. The smallest absolute Gasteiger partial charge is 0.184 e. The molecule has 0 aliphatic heterocycles. The highest BCUT2D eigenvalue weighted by Crippen LogP contribution is 2.63. The summed E-state index contributed by atoms with van der Waals surface area (Å²) in [7, 11) is 0. The van der Waals surface area contributed by atoms with Crippen LogP contribution in [-0.2, 0) is 19.1 Å². The third-order valence-corrected chi connectivity index (χ3v) is 8.41. The SMILES string of the molecule is CCOCOC1C[C@H]2C(=CC1=O)CC[C@@H]1[C@@H]2CC[C@]2(C)[C@@H](C(C)=O)CC[C@@H]12. The number of rotatable bonds is 5. The van der Waals surface area contributed by atoms with Gasteiger partial charge in [0, 0.05) is 12.5 Å². The monoisotopic (exact) mass is 374 g/mol. The van der Waals surface area contributed by atoms with Crippen molar-refractivity contribution in [3.05, 3.63) is 11.6 Å². The summed E-state index contributed by atoms with van der Waals surface area (Å²) in [6.45, 7) is 6.92. The van der Waals surface area contributed by atoms with E-state index in [4.69, 9.17) is 9.47 Å². The van der Waals surface area contributed by atoms with Crippen molar-refractivity contribution >= 4 is 11.6 Å². The maximum Gasteiger partial charge on any atom is 0.184 e. The summed E-state index contributed by atoms with van der Waals surface area (Å²) in [4.78, 5) is 24.7. The minimum Gasteiger partial charge on any atom is -0.356 e. The molecule has 0 aromatic rings. The standard InChI is InChI=1S/C23H34O4/c1-4-26-13-27-22-12-18-15(11-21(22)25)5-6-17-16(18)9-10-23(3)19(14(2)24)7-8-20(17)23/h11,16-20,22H,4-10,12-13H2,1-3H3/t16-,17+,18-,19+,20-,22?,23+/m0/s1. The normalized spacial score (nSPS) is 43.5. The second-order valence-electron chi connectivity index (χ2n) is 9.49. The molecule has 150 valence electrons.